The topological polar surface area (TPSA) is 137 Å². The number of allylic oxidation sites excluding steroid dienone is 5. The molecule has 5 aliphatic heterocycles. The van der Waals surface area contributed by atoms with Crippen LogP contribution in [0.15, 0.2) is 89.4 Å². The van der Waals surface area contributed by atoms with Crippen molar-refractivity contribution in [2.45, 2.75) is 249 Å². The van der Waals surface area contributed by atoms with Crippen LogP contribution in [0.25, 0.3) is 21.9 Å². The first-order valence-corrected chi connectivity index (χ1v) is 36.8. The minimum atomic E-state index is -0.742. The van der Waals surface area contributed by atoms with Gasteiger partial charge in [0.2, 0.25) is 11.5 Å². The summed E-state index contributed by atoms with van der Waals surface area (Å²) in [6.45, 7) is 41.3. The Hall–Kier alpha value is -6.44. The van der Waals surface area contributed by atoms with Crippen molar-refractivity contribution < 1.29 is 43.0 Å². The minimum absolute atomic E-state index is 0.0269. The number of Topliss-reactive ketones (excluding diaryl/α,β-unsaturated/α-hetero) is 1. The van der Waals surface area contributed by atoms with Crippen LogP contribution < -0.4 is 10.4 Å². The molecule has 0 radical (unpaired) electrons. The maximum absolute atomic E-state index is 15.6. The van der Waals surface area contributed by atoms with Gasteiger partial charge in [0.15, 0.2) is 5.71 Å². The Labute approximate surface area is 569 Å². The SMILES string of the molecule is CCCCC(CC)CN1C(=O)c2ccc3c4c(c(-c5ccc6c(c5)C(C)(C)C(/C=C5/C(=O)C(/C=C7/N(CCC(C)CCCC(C)C)c8ccc(B9OC(C)(C)C(C)(C)O9)cc8C7(C)C)=C5O)=[N+]6CCC(C)CCCC(C)C)cc(c24)C1=O)C(=O)N(CC(CC)CCCC)C3=O. The lowest BCUT2D eigenvalue weighted by Crippen LogP contribution is -2.45. The molecule has 5 heterocycles. The number of benzene rings is 4. The molecule has 510 valence electrons. The van der Waals surface area contributed by atoms with Crippen LogP contribution in [-0.4, -0.2) is 99.1 Å². The number of hydrogen-bond donors (Lipinski definition) is 1. The van der Waals surface area contributed by atoms with E-state index in [1.54, 1.807) is 12.1 Å². The first-order chi connectivity index (χ1) is 44.9. The summed E-state index contributed by atoms with van der Waals surface area (Å²) in [6, 6.07) is 18.0. The van der Waals surface area contributed by atoms with Crippen molar-refractivity contribution in [2.75, 3.05) is 31.1 Å². The third-order valence-corrected chi connectivity index (χ3v) is 23.0. The third-order valence-electron chi connectivity index (χ3n) is 23.0. The molecule has 12 nitrogen and oxygen atoms in total. The van der Waals surface area contributed by atoms with Crippen molar-refractivity contribution in [3.8, 4) is 11.1 Å². The lowest BCUT2D eigenvalue weighted by atomic mass is 9.74. The van der Waals surface area contributed by atoms with Crippen molar-refractivity contribution in [1.29, 1.82) is 0 Å². The highest BCUT2D eigenvalue weighted by atomic mass is 16.7. The van der Waals surface area contributed by atoms with Gasteiger partial charge >= 0.3 is 7.12 Å². The highest BCUT2D eigenvalue weighted by Crippen LogP contribution is 2.52. The number of ketones is 1. The minimum Gasteiger partial charge on any atom is -0.506 e. The summed E-state index contributed by atoms with van der Waals surface area (Å²) >= 11 is 0. The Bertz CT molecular complexity index is 3780. The van der Waals surface area contributed by atoms with Gasteiger partial charge in [-0.15, -0.1) is 0 Å². The maximum atomic E-state index is 15.6. The van der Waals surface area contributed by atoms with Crippen LogP contribution in [0.2, 0.25) is 0 Å². The van der Waals surface area contributed by atoms with Crippen molar-refractivity contribution >= 4 is 69.9 Å². The fraction of sp³-hybridized carbons (Fsp3) is 0.585. The van der Waals surface area contributed by atoms with Gasteiger partial charge in [-0.25, -0.2) is 0 Å². The quantitative estimate of drug-likeness (QED) is 0.0234. The van der Waals surface area contributed by atoms with Crippen LogP contribution in [0.1, 0.15) is 280 Å². The van der Waals surface area contributed by atoms with E-state index in [-0.39, 0.29) is 42.0 Å². The number of carbonyl (C=O) groups is 5. The van der Waals surface area contributed by atoms with E-state index in [0.717, 1.165) is 136 Å². The zero-order valence-electron chi connectivity index (χ0n) is 61.1. The molecule has 0 bridgehead atoms. The van der Waals surface area contributed by atoms with E-state index >= 15 is 14.4 Å². The van der Waals surface area contributed by atoms with Crippen LogP contribution in [0.5, 0.6) is 0 Å². The Morgan fingerprint density at radius 3 is 1.66 bits per heavy atom. The molecular weight excluding hydrogens is 1180 g/mol. The van der Waals surface area contributed by atoms with Crippen molar-refractivity contribution in [3.05, 3.63) is 123 Å². The van der Waals surface area contributed by atoms with Gasteiger partial charge in [-0.05, 0) is 161 Å². The summed E-state index contributed by atoms with van der Waals surface area (Å²) in [5.41, 5.74) is 7.70. The zero-order chi connectivity index (χ0) is 69.0. The Morgan fingerprint density at radius 2 is 1.11 bits per heavy atom. The number of hydrogen-bond acceptors (Lipinski definition) is 9. The fourth-order valence-electron chi connectivity index (χ4n) is 15.8. The Morgan fingerprint density at radius 1 is 0.547 bits per heavy atom. The summed E-state index contributed by atoms with van der Waals surface area (Å²) in [5.74, 6) is 0.525. The van der Waals surface area contributed by atoms with Crippen molar-refractivity contribution in [1.82, 2.24) is 9.80 Å². The number of unbranched alkanes of at least 4 members (excludes halogenated alkanes) is 2. The molecule has 0 saturated carbocycles. The molecule has 95 heavy (non-hydrogen) atoms. The number of aliphatic hydroxyl groups is 1. The monoisotopic (exact) mass is 1290 g/mol. The smallest absolute Gasteiger partial charge is 0.494 e. The van der Waals surface area contributed by atoms with Gasteiger partial charge in [0.25, 0.3) is 23.6 Å². The second-order valence-electron chi connectivity index (χ2n) is 32.2. The van der Waals surface area contributed by atoms with Crippen LogP contribution in [0.4, 0.5) is 11.4 Å². The van der Waals surface area contributed by atoms with Gasteiger partial charge in [-0.3, -0.25) is 33.8 Å². The number of anilines is 1. The average Bonchev–Trinajstić information content (AvgIpc) is 1.34. The van der Waals surface area contributed by atoms with E-state index in [1.807, 2.05) is 24.3 Å². The zero-order valence-corrected chi connectivity index (χ0v) is 61.1. The number of fused-ring (bicyclic) bond motifs is 2. The number of imide groups is 2. The predicted molar refractivity (Wildman–Crippen MR) is 388 cm³/mol. The Balaban J connectivity index is 1.07. The summed E-state index contributed by atoms with van der Waals surface area (Å²) in [7, 11) is -0.538. The molecule has 1 aliphatic carbocycles. The molecule has 1 fully saturated rings. The molecule has 10 rings (SSSR count). The molecule has 1 saturated heterocycles. The largest absolute Gasteiger partial charge is 0.506 e. The maximum Gasteiger partial charge on any atom is 0.494 e. The summed E-state index contributed by atoms with van der Waals surface area (Å²) in [5, 5.41) is 13.3. The lowest BCUT2D eigenvalue weighted by Gasteiger charge is -2.35. The van der Waals surface area contributed by atoms with Crippen molar-refractivity contribution in [2.24, 2.45) is 35.5 Å². The molecule has 6 aliphatic rings. The second kappa shape index (κ2) is 28.2. The van der Waals surface area contributed by atoms with Gasteiger partial charge in [-0.2, -0.15) is 4.58 Å². The van der Waals surface area contributed by atoms with E-state index < -0.39 is 52.8 Å². The molecule has 4 aromatic rings. The summed E-state index contributed by atoms with van der Waals surface area (Å²) in [4.78, 5) is 80.9. The molecule has 4 unspecified atom stereocenters. The van der Waals surface area contributed by atoms with Crippen LogP contribution in [-0.2, 0) is 24.9 Å². The second-order valence-corrected chi connectivity index (χ2v) is 32.2. The van der Waals surface area contributed by atoms with E-state index in [9.17, 15) is 14.7 Å². The lowest BCUT2D eigenvalue weighted by molar-refractivity contribution is -0.439. The predicted octanol–water partition coefficient (Wildman–Crippen LogP) is 18.5. The first kappa shape index (κ1) is 71.3. The normalized spacial score (nSPS) is 20.6. The van der Waals surface area contributed by atoms with Crippen LogP contribution in [0.3, 0.4) is 0 Å². The highest BCUT2D eigenvalue weighted by Gasteiger charge is 2.54. The Kier molecular flexibility index (Phi) is 21.2. The molecule has 4 aromatic carbocycles. The van der Waals surface area contributed by atoms with Gasteiger partial charge < -0.3 is 19.3 Å². The summed E-state index contributed by atoms with van der Waals surface area (Å²) in [6.07, 6.45) is 20.0. The average molecular weight is 1290 g/mol. The molecular formula is C82H112BN4O8+. The first-order valence-electron chi connectivity index (χ1n) is 36.8. The fourth-order valence-corrected chi connectivity index (χ4v) is 15.8. The number of amides is 4. The van der Waals surface area contributed by atoms with E-state index in [1.165, 1.54) is 22.6 Å². The van der Waals surface area contributed by atoms with E-state index in [4.69, 9.17) is 9.31 Å². The molecule has 4 amide bonds. The molecule has 1 N–H and O–H groups in total. The van der Waals surface area contributed by atoms with Crippen LogP contribution in [0, 0.1) is 35.5 Å². The van der Waals surface area contributed by atoms with Gasteiger partial charge in [0.05, 0.1) is 33.3 Å². The van der Waals surface area contributed by atoms with Crippen molar-refractivity contribution in [3.63, 3.8) is 0 Å². The number of nitrogens with zero attached hydrogens (tertiary/aromatic N) is 4. The number of aliphatic hydroxyl groups excluding tert-OH is 1. The molecule has 4 atom stereocenters. The summed E-state index contributed by atoms with van der Waals surface area (Å²) < 4.78 is 15.5. The number of rotatable bonds is 30. The third kappa shape index (κ3) is 13.5. The van der Waals surface area contributed by atoms with E-state index in [0.29, 0.717) is 79.9 Å². The van der Waals surface area contributed by atoms with E-state index in [2.05, 4.69) is 164 Å². The van der Waals surface area contributed by atoms with Gasteiger partial charge in [0, 0.05) is 88.0 Å². The van der Waals surface area contributed by atoms with Gasteiger partial charge in [0.1, 0.15) is 12.3 Å². The highest BCUT2D eigenvalue weighted by molar-refractivity contribution is 6.62. The standard InChI is InChI=1S/C82H111BN4O8/c1-19-23-31-54(21-3)48-86-75(90)58-35-36-59-71-70(58)61(77(86)92)45-60(72(71)78(93)87(76(59)91)49-55(22-4)32-24-20-2)56-33-37-66-64(43-56)79(11,12)68(84(66)41-39-52(9)29-25-27-50(5)6)46-62-73(88)63(74(62)89)47-69-80(13,14)65-44-57(83-94-81(15,16)82(17,18)95-83)34-38-67(65)85(69)42-40-53(10)30-26-28-51(7)8/h33-38,43-47,50-55H,19-32,39-42,48-49H2,1-18H3/p+1. The number of carbonyl (C=O) groups excluding carboxylic acids is 5. The molecule has 0 aromatic heterocycles. The van der Waals surface area contributed by atoms with Gasteiger partial charge in [-0.1, -0.05) is 172 Å². The van der Waals surface area contributed by atoms with Crippen LogP contribution >= 0.6 is 0 Å². The molecule has 13 heteroatoms. The molecule has 0 spiro atoms.